The van der Waals surface area contributed by atoms with E-state index in [-0.39, 0.29) is 6.04 Å². The van der Waals surface area contributed by atoms with Crippen LogP contribution in [0.5, 0.6) is 0 Å². The van der Waals surface area contributed by atoms with Gasteiger partial charge >= 0.3 is 0 Å². The number of hydrogen-bond acceptors (Lipinski definition) is 4. The third-order valence-corrected chi connectivity index (χ3v) is 8.05. The van der Waals surface area contributed by atoms with Crippen molar-refractivity contribution in [3.05, 3.63) is 48.5 Å². The zero-order valence-electron chi connectivity index (χ0n) is 17.1. The van der Waals surface area contributed by atoms with Gasteiger partial charge in [0.25, 0.3) is 0 Å². The van der Waals surface area contributed by atoms with Crippen molar-refractivity contribution in [1.29, 1.82) is 0 Å². The molecule has 0 atom stereocenters. The molecular weight excluding hydrogens is 384 g/mol. The smallest absolute Gasteiger partial charge is 0.216 e. The molecule has 4 rings (SSSR count). The third kappa shape index (κ3) is 4.21. The van der Waals surface area contributed by atoms with Gasteiger partial charge in [-0.2, -0.15) is 0 Å². The zero-order valence-corrected chi connectivity index (χ0v) is 18.0. The summed E-state index contributed by atoms with van der Waals surface area (Å²) in [6.07, 6.45) is 8.82. The molecule has 0 aliphatic heterocycles. The molecular formula is C22H28N4O2S. The first-order chi connectivity index (χ1) is 13.7. The highest BCUT2D eigenvalue weighted by atomic mass is 32.2. The van der Waals surface area contributed by atoms with Crippen molar-refractivity contribution in [3.63, 3.8) is 0 Å². The minimum atomic E-state index is -3.30. The number of aromatic amines is 1. The van der Waals surface area contributed by atoms with Crippen molar-refractivity contribution >= 4 is 20.9 Å². The van der Waals surface area contributed by atoms with Crippen LogP contribution in [0.4, 0.5) is 0 Å². The number of sulfonamides is 1. The summed E-state index contributed by atoms with van der Waals surface area (Å²) in [7, 11) is -3.30. The van der Waals surface area contributed by atoms with E-state index in [0.717, 1.165) is 42.5 Å². The summed E-state index contributed by atoms with van der Waals surface area (Å²) in [5.41, 5.74) is 4.26. The van der Waals surface area contributed by atoms with Gasteiger partial charge in [-0.25, -0.2) is 13.1 Å². The summed E-state index contributed by atoms with van der Waals surface area (Å²) in [5.74, 6) is 0.428. The van der Waals surface area contributed by atoms with Crippen molar-refractivity contribution in [3.8, 4) is 11.3 Å². The maximum Gasteiger partial charge on any atom is 0.216 e. The van der Waals surface area contributed by atoms with Crippen molar-refractivity contribution in [2.24, 2.45) is 0 Å². The van der Waals surface area contributed by atoms with Gasteiger partial charge in [0.15, 0.2) is 0 Å². The Morgan fingerprint density at radius 2 is 1.83 bits per heavy atom. The Bertz CT molecular complexity index is 1090. The average molecular weight is 413 g/mol. The monoisotopic (exact) mass is 412 g/mol. The summed E-state index contributed by atoms with van der Waals surface area (Å²) < 4.78 is 27.0. The molecule has 2 N–H and O–H groups in total. The minimum absolute atomic E-state index is 0.0307. The van der Waals surface area contributed by atoms with Gasteiger partial charge in [-0.05, 0) is 70.6 Å². The molecule has 7 heteroatoms. The molecule has 0 unspecified atom stereocenters. The van der Waals surface area contributed by atoms with Crippen LogP contribution in [-0.4, -0.2) is 34.2 Å². The molecule has 1 aliphatic rings. The Morgan fingerprint density at radius 3 is 2.48 bits per heavy atom. The van der Waals surface area contributed by atoms with Crippen molar-refractivity contribution < 1.29 is 8.42 Å². The maximum absolute atomic E-state index is 12.4. The van der Waals surface area contributed by atoms with Gasteiger partial charge in [-0.15, -0.1) is 0 Å². The standard InChI is InChI=1S/C22H28N4O2S/c1-22(2,3)29(27,28)26-18-7-4-15(5-8-18)20-13-17-12-16(6-9-19(17)25-20)21-14-23-10-11-24-21/h6,9-15,18,25-26H,4-5,7-8H2,1-3H3. The first kappa shape index (κ1) is 20.0. The maximum atomic E-state index is 12.4. The van der Waals surface area contributed by atoms with E-state index in [9.17, 15) is 8.42 Å². The van der Waals surface area contributed by atoms with Crippen molar-refractivity contribution in [2.75, 3.05) is 0 Å². The lowest BCUT2D eigenvalue weighted by Crippen LogP contribution is -2.45. The van der Waals surface area contributed by atoms with E-state index in [2.05, 4.69) is 43.9 Å². The highest BCUT2D eigenvalue weighted by Crippen LogP contribution is 2.35. The number of fused-ring (bicyclic) bond motifs is 1. The first-order valence-corrected chi connectivity index (χ1v) is 11.6. The fraction of sp³-hybridized carbons (Fsp3) is 0.455. The van der Waals surface area contributed by atoms with Crippen LogP contribution in [-0.2, 0) is 10.0 Å². The van der Waals surface area contributed by atoms with Crippen LogP contribution in [0.2, 0.25) is 0 Å². The molecule has 154 valence electrons. The topological polar surface area (TPSA) is 87.7 Å². The predicted molar refractivity (Wildman–Crippen MR) is 116 cm³/mol. The summed E-state index contributed by atoms with van der Waals surface area (Å²) in [6.45, 7) is 5.21. The number of nitrogens with one attached hydrogen (secondary N) is 2. The summed E-state index contributed by atoms with van der Waals surface area (Å²) >= 11 is 0. The third-order valence-electron chi connectivity index (χ3n) is 5.80. The fourth-order valence-electron chi connectivity index (χ4n) is 3.90. The summed E-state index contributed by atoms with van der Waals surface area (Å²) in [6, 6.07) is 8.54. The van der Waals surface area contributed by atoms with Crippen LogP contribution >= 0.6 is 0 Å². The average Bonchev–Trinajstić information content (AvgIpc) is 3.11. The molecule has 0 bridgehead atoms. The molecule has 2 heterocycles. The van der Waals surface area contributed by atoms with E-state index >= 15 is 0 Å². The molecule has 1 aliphatic carbocycles. The second-order valence-electron chi connectivity index (χ2n) is 8.90. The fourth-order valence-corrected chi connectivity index (χ4v) is 4.93. The number of rotatable bonds is 4. The Balaban J connectivity index is 1.46. The molecule has 6 nitrogen and oxygen atoms in total. The molecule has 1 aromatic carbocycles. The molecule has 3 aromatic rings. The van der Waals surface area contributed by atoms with Gasteiger partial charge < -0.3 is 4.98 Å². The Morgan fingerprint density at radius 1 is 1.07 bits per heavy atom. The van der Waals surface area contributed by atoms with Crippen molar-refractivity contribution in [2.45, 2.75) is 63.2 Å². The normalized spacial score (nSPS) is 20.8. The molecule has 1 saturated carbocycles. The summed E-state index contributed by atoms with van der Waals surface area (Å²) in [4.78, 5) is 12.1. The molecule has 0 amide bonds. The number of benzene rings is 1. The lowest BCUT2D eigenvalue weighted by atomic mass is 9.84. The van der Waals surface area contributed by atoms with E-state index in [1.54, 1.807) is 39.4 Å². The first-order valence-electron chi connectivity index (χ1n) is 10.1. The van der Waals surface area contributed by atoms with E-state index in [1.165, 1.54) is 11.1 Å². The van der Waals surface area contributed by atoms with E-state index in [1.807, 2.05) is 0 Å². The highest BCUT2D eigenvalue weighted by Gasteiger charge is 2.33. The Kier molecular flexibility index (Phi) is 5.21. The van der Waals surface area contributed by atoms with Crippen molar-refractivity contribution in [1.82, 2.24) is 19.7 Å². The van der Waals surface area contributed by atoms with Gasteiger partial charge in [0.2, 0.25) is 10.0 Å². The quantitative estimate of drug-likeness (QED) is 0.666. The van der Waals surface area contributed by atoms with Crippen LogP contribution < -0.4 is 4.72 Å². The van der Waals surface area contributed by atoms with Gasteiger partial charge in [-0.3, -0.25) is 9.97 Å². The van der Waals surface area contributed by atoms with Crippen LogP contribution in [0.1, 0.15) is 58.1 Å². The SMILES string of the molecule is CC(C)(C)S(=O)(=O)NC1CCC(c2cc3cc(-c4cnccn4)ccc3[nH]2)CC1. The number of nitrogens with zero attached hydrogens (tertiary/aromatic N) is 2. The highest BCUT2D eigenvalue weighted by molar-refractivity contribution is 7.90. The van der Waals surface area contributed by atoms with E-state index in [0.29, 0.717) is 5.92 Å². The minimum Gasteiger partial charge on any atom is -0.358 e. The van der Waals surface area contributed by atoms with Crippen LogP contribution in [0.25, 0.3) is 22.2 Å². The lowest BCUT2D eigenvalue weighted by Gasteiger charge is -2.31. The molecule has 0 saturated heterocycles. The molecule has 2 aromatic heterocycles. The predicted octanol–water partition coefficient (Wildman–Crippen LogP) is 4.37. The molecule has 0 spiro atoms. The molecule has 0 radical (unpaired) electrons. The number of aromatic nitrogens is 3. The van der Waals surface area contributed by atoms with Crippen LogP contribution in [0.15, 0.2) is 42.9 Å². The number of hydrogen-bond donors (Lipinski definition) is 2. The van der Waals surface area contributed by atoms with Crippen LogP contribution in [0.3, 0.4) is 0 Å². The Hall–Kier alpha value is -2.25. The largest absolute Gasteiger partial charge is 0.358 e. The van der Waals surface area contributed by atoms with E-state index < -0.39 is 14.8 Å². The Labute approximate surface area is 172 Å². The molecule has 29 heavy (non-hydrogen) atoms. The van der Waals surface area contributed by atoms with Crippen LogP contribution in [0, 0.1) is 0 Å². The van der Waals surface area contributed by atoms with Gasteiger partial charge in [0.1, 0.15) is 0 Å². The van der Waals surface area contributed by atoms with Gasteiger partial charge in [-0.1, -0.05) is 6.07 Å². The molecule has 1 fully saturated rings. The zero-order chi connectivity index (χ0) is 20.6. The van der Waals surface area contributed by atoms with Gasteiger partial charge in [0, 0.05) is 40.6 Å². The van der Waals surface area contributed by atoms with Gasteiger partial charge in [0.05, 0.1) is 16.6 Å². The number of H-pyrrole nitrogens is 1. The lowest BCUT2D eigenvalue weighted by molar-refractivity contribution is 0.368. The second-order valence-corrected chi connectivity index (χ2v) is 11.4. The second kappa shape index (κ2) is 7.54. The van der Waals surface area contributed by atoms with E-state index in [4.69, 9.17) is 0 Å². The summed E-state index contributed by atoms with van der Waals surface area (Å²) in [5, 5.41) is 1.17.